The van der Waals surface area contributed by atoms with Crippen LogP contribution in [0.3, 0.4) is 0 Å². The van der Waals surface area contributed by atoms with Crippen LogP contribution in [-0.2, 0) is 21.7 Å². The predicted molar refractivity (Wildman–Crippen MR) is 205 cm³/mol. The summed E-state index contributed by atoms with van der Waals surface area (Å²) in [7, 11) is 0. The predicted octanol–water partition coefficient (Wildman–Crippen LogP) is 12.5. The second-order valence-corrected chi connectivity index (χ2v) is 18.8. The summed E-state index contributed by atoms with van der Waals surface area (Å²) >= 11 is 1.96. The fraction of sp³-hybridized carbons (Fsp3) is 0.455. The highest BCUT2D eigenvalue weighted by Gasteiger charge is 2.33. The molecular weight excluding hydrogens is 593 g/mol. The smallest absolute Gasteiger partial charge is 0.123 e. The van der Waals surface area contributed by atoms with Gasteiger partial charge in [-0.25, -0.2) is 0 Å². The van der Waals surface area contributed by atoms with Crippen LogP contribution in [-0.4, -0.2) is 10.2 Å². The van der Waals surface area contributed by atoms with E-state index in [0.717, 1.165) is 22.3 Å². The van der Waals surface area contributed by atoms with Crippen LogP contribution in [0.1, 0.15) is 149 Å². The normalized spacial score (nSPS) is 14.3. The number of phenols is 2. The molecule has 0 saturated carbocycles. The molecule has 4 aromatic carbocycles. The lowest BCUT2D eigenvalue weighted by atomic mass is 9.77. The molecule has 2 atom stereocenters. The van der Waals surface area contributed by atoms with Gasteiger partial charge in [-0.3, -0.25) is 0 Å². The Balaban J connectivity index is 2.11. The summed E-state index contributed by atoms with van der Waals surface area (Å²) < 4.78 is 0. The number of aryl methyl sites for hydroxylation is 2. The average molecular weight is 651 g/mol. The standard InChI is InChI=1S/C44H58O2S/c1-27-19-15-17-21-31(27)39(29-23-33(41(3,4)5)37(45)34(24-29)42(6,7)8)47-40(32-22-18-16-20-28(32)2)30-25-35(43(9,10)11)38(46)36(26-30)44(12,13)14/h15-26,39-40,45-46H,1-14H3. The largest absolute Gasteiger partial charge is 0.507 e. The number of hydrogen-bond donors (Lipinski definition) is 2. The zero-order valence-corrected chi connectivity index (χ0v) is 32.2. The van der Waals surface area contributed by atoms with Gasteiger partial charge in [-0.05, 0) is 91.1 Å². The molecule has 252 valence electrons. The van der Waals surface area contributed by atoms with E-state index in [1.54, 1.807) is 0 Å². The first-order valence-electron chi connectivity index (χ1n) is 17.0. The maximum absolute atomic E-state index is 11.7. The van der Waals surface area contributed by atoms with Crippen molar-refractivity contribution in [3.05, 3.63) is 128 Å². The Morgan fingerprint density at radius 3 is 0.936 bits per heavy atom. The highest BCUT2D eigenvalue weighted by Crippen LogP contribution is 2.53. The van der Waals surface area contributed by atoms with Crippen molar-refractivity contribution < 1.29 is 10.2 Å². The van der Waals surface area contributed by atoms with Gasteiger partial charge in [0.2, 0.25) is 0 Å². The third-order valence-corrected chi connectivity index (χ3v) is 10.9. The molecule has 0 radical (unpaired) electrons. The minimum Gasteiger partial charge on any atom is -0.507 e. The molecule has 0 aromatic heterocycles. The van der Waals surface area contributed by atoms with Crippen molar-refractivity contribution >= 4 is 11.8 Å². The minimum absolute atomic E-state index is 0.0198. The molecule has 0 fully saturated rings. The second kappa shape index (κ2) is 13.0. The lowest BCUT2D eigenvalue weighted by Gasteiger charge is -2.33. The number of benzene rings is 4. The molecule has 0 aliphatic heterocycles. The second-order valence-electron chi connectivity index (χ2n) is 17.5. The fourth-order valence-electron chi connectivity index (χ4n) is 6.46. The quantitative estimate of drug-likeness (QED) is 0.218. The van der Waals surface area contributed by atoms with Crippen molar-refractivity contribution in [3.63, 3.8) is 0 Å². The van der Waals surface area contributed by atoms with Gasteiger partial charge in [0.25, 0.3) is 0 Å². The maximum atomic E-state index is 11.7. The summed E-state index contributed by atoms with van der Waals surface area (Å²) in [6, 6.07) is 26.5. The summed E-state index contributed by atoms with van der Waals surface area (Å²) in [5.41, 5.74) is 10.4. The van der Waals surface area contributed by atoms with Crippen LogP contribution in [0, 0.1) is 13.8 Å². The Morgan fingerprint density at radius 2 is 0.702 bits per heavy atom. The first-order valence-corrected chi connectivity index (χ1v) is 18.0. The summed E-state index contributed by atoms with van der Waals surface area (Å²) in [5, 5.41) is 23.3. The van der Waals surface area contributed by atoms with Crippen molar-refractivity contribution in [3.8, 4) is 11.5 Å². The fourth-order valence-corrected chi connectivity index (χ4v) is 8.14. The van der Waals surface area contributed by atoms with E-state index >= 15 is 0 Å². The molecule has 0 spiro atoms. The van der Waals surface area contributed by atoms with Gasteiger partial charge in [0.15, 0.2) is 0 Å². The zero-order chi connectivity index (χ0) is 35.3. The minimum atomic E-state index is -0.239. The lowest BCUT2D eigenvalue weighted by molar-refractivity contribution is 0.422. The average Bonchev–Trinajstić information content (AvgIpc) is 2.93. The van der Waals surface area contributed by atoms with Crippen molar-refractivity contribution in [1.29, 1.82) is 0 Å². The number of hydrogen-bond acceptors (Lipinski definition) is 3. The van der Waals surface area contributed by atoms with Crippen molar-refractivity contribution in [2.45, 2.75) is 129 Å². The van der Waals surface area contributed by atoms with Crippen LogP contribution in [0.15, 0.2) is 72.8 Å². The summed E-state index contributed by atoms with van der Waals surface area (Å²) in [6.45, 7) is 30.6. The Kier molecular flexibility index (Phi) is 10.2. The molecule has 2 unspecified atom stereocenters. The van der Waals surface area contributed by atoms with Gasteiger partial charge in [0.05, 0.1) is 10.5 Å². The van der Waals surface area contributed by atoms with Gasteiger partial charge in [-0.15, -0.1) is 11.8 Å². The van der Waals surface area contributed by atoms with Gasteiger partial charge in [0.1, 0.15) is 11.5 Å². The van der Waals surface area contributed by atoms with Crippen molar-refractivity contribution in [2.75, 3.05) is 0 Å². The highest BCUT2D eigenvalue weighted by molar-refractivity contribution is 8.00. The number of aromatic hydroxyl groups is 2. The topological polar surface area (TPSA) is 40.5 Å². The van der Waals surface area contributed by atoms with Gasteiger partial charge in [-0.2, -0.15) is 0 Å². The molecule has 0 aliphatic carbocycles. The Hall–Kier alpha value is -3.17. The third kappa shape index (κ3) is 7.94. The van der Waals surface area contributed by atoms with Crippen LogP contribution in [0.25, 0.3) is 0 Å². The summed E-state index contributed by atoms with van der Waals surface area (Å²) in [5.74, 6) is 0.807. The van der Waals surface area contributed by atoms with E-state index in [1.807, 2.05) is 11.8 Å². The van der Waals surface area contributed by atoms with Gasteiger partial charge in [-0.1, -0.05) is 156 Å². The van der Waals surface area contributed by atoms with E-state index in [-0.39, 0.29) is 32.2 Å². The highest BCUT2D eigenvalue weighted by atomic mass is 32.2. The van der Waals surface area contributed by atoms with Crippen LogP contribution in [0.4, 0.5) is 0 Å². The van der Waals surface area contributed by atoms with Crippen molar-refractivity contribution in [2.24, 2.45) is 0 Å². The molecular formula is C44H58O2S. The molecule has 3 heteroatoms. The van der Waals surface area contributed by atoms with E-state index in [4.69, 9.17) is 0 Å². The van der Waals surface area contributed by atoms with Crippen LogP contribution in [0.5, 0.6) is 11.5 Å². The van der Waals surface area contributed by atoms with Crippen LogP contribution < -0.4 is 0 Å². The van der Waals surface area contributed by atoms with E-state index in [2.05, 4.69) is 170 Å². The third-order valence-electron chi connectivity index (χ3n) is 9.32. The van der Waals surface area contributed by atoms with Crippen LogP contribution >= 0.6 is 11.8 Å². The number of phenolic OH excluding ortho intramolecular Hbond substituents is 2. The van der Waals surface area contributed by atoms with Gasteiger partial charge < -0.3 is 10.2 Å². The Bertz CT molecular complexity index is 1540. The molecule has 0 heterocycles. The molecule has 0 amide bonds. The van der Waals surface area contributed by atoms with E-state index in [1.165, 1.54) is 33.4 Å². The molecule has 47 heavy (non-hydrogen) atoms. The first kappa shape index (κ1) is 36.7. The van der Waals surface area contributed by atoms with Crippen molar-refractivity contribution in [1.82, 2.24) is 0 Å². The Morgan fingerprint density at radius 1 is 0.447 bits per heavy atom. The summed E-state index contributed by atoms with van der Waals surface area (Å²) in [4.78, 5) is 0. The molecule has 2 N–H and O–H groups in total. The maximum Gasteiger partial charge on any atom is 0.123 e. The summed E-state index contributed by atoms with van der Waals surface area (Å²) in [6.07, 6.45) is 0. The molecule has 2 nitrogen and oxygen atoms in total. The molecule has 4 aromatic rings. The first-order chi connectivity index (χ1) is 21.5. The lowest BCUT2D eigenvalue weighted by Crippen LogP contribution is -2.19. The Labute approximate surface area is 290 Å². The van der Waals surface area contributed by atoms with Gasteiger partial charge in [0, 0.05) is 0 Å². The van der Waals surface area contributed by atoms with E-state index in [0.29, 0.717) is 11.5 Å². The molecule has 0 aliphatic rings. The monoisotopic (exact) mass is 650 g/mol. The number of rotatable bonds is 6. The molecule has 4 rings (SSSR count). The van der Waals surface area contributed by atoms with Crippen LogP contribution in [0.2, 0.25) is 0 Å². The SMILES string of the molecule is Cc1ccccc1C(SC(c1cc(C(C)(C)C)c(O)c(C(C)(C)C)c1)c1ccccc1C)c1cc(C(C)(C)C)c(O)c(C(C)(C)C)c1. The van der Waals surface area contributed by atoms with Gasteiger partial charge >= 0.3 is 0 Å². The molecule has 0 bridgehead atoms. The number of thioether (sulfide) groups is 1. The zero-order valence-electron chi connectivity index (χ0n) is 31.4. The van der Waals surface area contributed by atoms with E-state index in [9.17, 15) is 10.2 Å². The van der Waals surface area contributed by atoms with E-state index < -0.39 is 0 Å². The molecule has 0 saturated heterocycles.